The van der Waals surface area contributed by atoms with Crippen LogP contribution in [0.4, 0.5) is 5.95 Å². The number of aliphatic imine (C=N–C) groups is 2. The van der Waals surface area contributed by atoms with Gasteiger partial charge in [-0.1, -0.05) is 61.0 Å². The smallest absolute Gasteiger partial charge is 0.254 e. The van der Waals surface area contributed by atoms with Crippen LogP contribution in [-0.4, -0.2) is 26.3 Å². The van der Waals surface area contributed by atoms with Gasteiger partial charge in [0.25, 0.3) is 5.95 Å². The van der Waals surface area contributed by atoms with Crippen molar-refractivity contribution in [2.24, 2.45) is 9.98 Å². The van der Waals surface area contributed by atoms with E-state index in [0.29, 0.717) is 12.5 Å². The fourth-order valence-electron chi connectivity index (χ4n) is 2.80. The van der Waals surface area contributed by atoms with Gasteiger partial charge in [0.15, 0.2) is 5.84 Å². The van der Waals surface area contributed by atoms with Crippen molar-refractivity contribution in [3.8, 4) is 0 Å². The van der Waals surface area contributed by atoms with E-state index < -0.39 is 0 Å². The molecule has 1 aromatic heterocycles. The molecule has 3 aromatic rings. The number of hydrogen-bond acceptors (Lipinski definition) is 4. The van der Waals surface area contributed by atoms with Crippen LogP contribution in [0, 0.1) is 6.92 Å². The lowest BCUT2D eigenvalue weighted by Gasteiger charge is -2.06. The normalized spacial score (nSPS) is 14.6. The van der Waals surface area contributed by atoms with Gasteiger partial charge in [-0.25, -0.2) is 4.99 Å². The highest BCUT2D eigenvalue weighted by Crippen LogP contribution is 2.21. The quantitative estimate of drug-likeness (QED) is 0.732. The van der Waals surface area contributed by atoms with Crippen molar-refractivity contribution in [1.29, 1.82) is 0 Å². The summed E-state index contributed by atoms with van der Waals surface area (Å²) in [6.45, 7) is 4.82. The Morgan fingerprint density at radius 3 is 2.40 bits per heavy atom. The zero-order chi connectivity index (χ0) is 17.2. The molecule has 0 saturated heterocycles. The summed E-state index contributed by atoms with van der Waals surface area (Å²) in [6, 6.07) is 16.8. The van der Waals surface area contributed by atoms with Crippen LogP contribution in [0.15, 0.2) is 64.8 Å². The van der Waals surface area contributed by atoms with Crippen molar-refractivity contribution >= 4 is 17.5 Å². The Bertz CT molecular complexity index is 947. The Balaban J connectivity index is 1.68. The number of hydrogen-bond donors (Lipinski definition) is 0. The van der Waals surface area contributed by atoms with E-state index in [1.165, 1.54) is 17.5 Å². The Morgan fingerprint density at radius 1 is 0.960 bits per heavy atom. The Hall–Kier alpha value is -3.08. The molecule has 4 rings (SSSR count). The summed E-state index contributed by atoms with van der Waals surface area (Å²) in [4.78, 5) is 13.6. The lowest BCUT2D eigenvalue weighted by Crippen LogP contribution is -2.20. The topological polar surface area (TPSA) is 55.4 Å². The molecule has 1 aliphatic heterocycles. The first kappa shape index (κ1) is 15.4. The molecule has 0 fully saturated rings. The Kier molecular flexibility index (Phi) is 3.98. The van der Waals surface area contributed by atoms with Crippen molar-refractivity contribution in [3.05, 3.63) is 77.1 Å². The molecule has 124 valence electrons. The maximum Gasteiger partial charge on any atom is 0.254 e. The summed E-state index contributed by atoms with van der Waals surface area (Å²) in [7, 11) is 0. The zero-order valence-corrected chi connectivity index (χ0v) is 14.3. The monoisotopic (exact) mass is 329 g/mol. The van der Waals surface area contributed by atoms with Gasteiger partial charge in [-0.2, -0.15) is 14.8 Å². The van der Waals surface area contributed by atoms with Crippen LogP contribution in [-0.2, 0) is 13.0 Å². The predicted molar refractivity (Wildman–Crippen MR) is 99.8 cm³/mol. The van der Waals surface area contributed by atoms with E-state index in [4.69, 9.17) is 4.99 Å². The molecule has 0 saturated carbocycles. The third kappa shape index (κ3) is 3.01. The van der Waals surface area contributed by atoms with Gasteiger partial charge in [-0.15, -0.1) is 0 Å². The largest absolute Gasteiger partial charge is 0.260 e. The summed E-state index contributed by atoms with van der Waals surface area (Å²) in [6.07, 6.45) is 2.53. The van der Waals surface area contributed by atoms with Gasteiger partial charge >= 0.3 is 0 Å². The fraction of sp³-hybridized carbons (Fsp3) is 0.200. The van der Waals surface area contributed by atoms with Crippen LogP contribution >= 0.6 is 0 Å². The molecule has 1 aliphatic rings. The average Bonchev–Trinajstić information content (AvgIpc) is 3.23. The number of benzene rings is 2. The minimum atomic E-state index is 0.581. The number of rotatable bonds is 4. The SMILES string of the molecule is CCc1ccc(C2=Nc3ncnn3C2=NCc2ccc(C)cc2)cc1. The fourth-order valence-corrected chi connectivity index (χ4v) is 2.80. The average molecular weight is 329 g/mol. The first-order valence-electron chi connectivity index (χ1n) is 8.43. The lowest BCUT2D eigenvalue weighted by molar-refractivity contribution is 0.932. The summed E-state index contributed by atoms with van der Waals surface area (Å²) in [5.41, 5.74) is 5.57. The number of aromatic nitrogens is 3. The van der Waals surface area contributed by atoms with Crippen molar-refractivity contribution in [1.82, 2.24) is 14.8 Å². The highest BCUT2D eigenvalue weighted by Gasteiger charge is 2.25. The Labute approximate surface area is 146 Å². The third-order valence-electron chi connectivity index (χ3n) is 4.32. The van der Waals surface area contributed by atoms with Crippen molar-refractivity contribution < 1.29 is 0 Å². The minimum Gasteiger partial charge on any atom is -0.260 e. The van der Waals surface area contributed by atoms with Gasteiger partial charge < -0.3 is 0 Å². The van der Waals surface area contributed by atoms with Crippen molar-refractivity contribution in [3.63, 3.8) is 0 Å². The molecule has 0 radical (unpaired) electrons. The first-order valence-corrected chi connectivity index (χ1v) is 8.43. The molecule has 0 N–H and O–H groups in total. The van der Waals surface area contributed by atoms with Crippen LogP contribution in [0.5, 0.6) is 0 Å². The standard InChI is InChI=1S/C20H19N5/c1-3-15-8-10-17(11-9-15)18-19(25-20(24-18)22-13-23-25)21-12-16-6-4-14(2)5-7-16/h4-11,13H,3,12H2,1-2H3. The van der Waals surface area contributed by atoms with Crippen LogP contribution in [0.25, 0.3) is 0 Å². The highest BCUT2D eigenvalue weighted by molar-refractivity contribution is 6.50. The number of aryl methyl sites for hydroxylation is 2. The van der Waals surface area contributed by atoms with Gasteiger partial charge in [0.05, 0.1) is 6.54 Å². The lowest BCUT2D eigenvalue weighted by atomic mass is 10.1. The first-order chi connectivity index (χ1) is 12.2. The summed E-state index contributed by atoms with van der Waals surface area (Å²) in [5.74, 6) is 1.33. The van der Waals surface area contributed by atoms with Gasteiger partial charge in [-0.3, -0.25) is 4.99 Å². The van der Waals surface area contributed by atoms with E-state index in [2.05, 4.69) is 77.5 Å². The van der Waals surface area contributed by atoms with E-state index in [1.54, 1.807) is 4.68 Å². The molecule has 2 aromatic carbocycles. The molecule has 0 amide bonds. The Morgan fingerprint density at radius 2 is 1.68 bits per heavy atom. The maximum atomic E-state index is 4.78. The van der Waals surface area contributed by atoms with Crippen LogP contribution in [0.1, 0.15) is 29.2 Å². The highest BCUT2D eigenvalue weighted by atomic mass is 15.4. The van der Waals surface area contributed by atoms with Gasteiger partial charge in [0.2, 0.25) is 0 Å². The summed E-state index contributed by atoms with van der Waals surface area (Å²) < 4.78 is 1.71. The van der Waals surface area contributed by atoms with Gasteiger partial charge in [0, 0.05) is 5.56 Å². The van der Waals surface area contributed by atoms with Crippen molar-refractivity contribution in [2.75, 3.05) is 0 Å². The minimum absolute atomic E-state index is 0.581. The zero-order valence-electron chi connectivity index (χ0n) is 14.3. The number of nitrogens with zero attached hydrogens (tertiary/aromatic N) is 5. The molecular weight excluding hydrogens is 310 g/mol. The van der Waals surface area contributed by atoms with E-state index in [9.17, 15) is 0 Å². The molecule has 0 spiro atoms. The predicted octanol–water partition coefficient (Wildman–Crippen LogP) is 3.73. The van der Waals surface area contributed by atoms with Crippen molar-refractivity contribution in [2.45, 2.75) is 26.8 Å². The second kappa shape index (κ2) is 6.43. The van der Waals surface area contributed by atoms with Gasteiger partial charge in [0.1, 0.15) is 12.0 Å². The third-order valence-corrected chi connectivity index (χ3v) is 4.32. The molecule has 0 unspecified atom stereocenters. The van der Waals surface area contributed by atoms with E-state index in [0.717, 1.165) is 29.1 Å². The van der Waals surface area contributed by atoms with Crippen LogP contribution in [0.3, 0.4) is 0 Å². The molecule has 25 heavy (non-hydrogen) atoms. The van der Waals surface area contributed by atoms with Crippen LogP contribution in [0.2, 0.25) is 0 Å². The second-order valence-electron chi connectivity index (χ2n) is 6.11. The molecule has 0 aliphatic carbocycles. The maximum absolute atomic E-state index is 4.78. The van der Waals surface area contributed by atoms with E-state index in [-0.39, 0.29) is 0 Å². The molecule has 5 heteroatoms. The number of fused-ring (bicyclic) bond motifs is 1. The van der Waals surface area contributed by atoms with E-state index in [1.807, 2.05) is 0 Å². The molecule has 0 bridgehead atoms. The second-order valence-corrected chi connectivity index (χ2v) is 6.11. The molecular formula is C20H19N5. The summed E-state index contributed by atoms with van der Waals surface area (Å²) in [5, 5.41) is 4.27. The molecule has 2 heterocycles. The molecule has 5 nitrogen and oxygen atoms in total. The molecule has 0 atom stereocenters. The van der Waals surface area contributed by atoms with Gasteiger partial charge in [-0.05, 0) is 24.5 Å². The summed E-state index contributed by atoms with van der Waals surface area (Å²) >= 11 is 0. The van der Waals surface area contributed by atoms with E-state index >= 15 is 0 Å². The van der Waals surface area contributed by atoms with Crippen LogP contribution < -0.4 is 0 Å².